The Morgan fingerprint density at radius 2 is 2.05 bits per heavy atom. The molecule has 1 atom stereocenters. The number of aromatic nitrogens is 2. The minimum absolute atomic E-state index is 0.118. The van der Waals surface area contributed by atoms with E-state index in [-0.39, 0.29) is 10.2 Å². The molecule has 0 saturated carbocycles. The summed E-state index contributed by atoms with van der Waals surface area (Å²) in [5.41, 5.74) is 1.04. The summed E-state index contributed by atoms with van der Waals surface area (Å²) >= 11 is 5.78. The van der Waals surface area contributed by atoms with E-state index in [4.69, 9.17) is 16.4 Å². The van der Waals surface area contributed by atoms with Gasteiger partial charge in [0.1, 0.15) is 5.15 Å². The molecule has 100 valence electrons. The summed E-state index contributed by atoms with van der Waals surface area (Å²) in [5, 5.41) is 3.34. The molecular weight excluding hydrogens is 284 g/mol. The third-order valence-corrected chi connectivity index (χ3v) is 3.60. The maximum atomic E-state index is 11.8. The fraction of sp³-hybridized carbons (Fsp3) is 0.167. The van der Waals surface area contributed by atoms with Crippen molar-refractivity contribution in [3.8, 4) is 0 Å². The first kappa shape index (κ1) is 13.8. The molecule has 0 saturated heterocycles. The number of hydrogen-bond acceptors (Lipinski definition) is 5. The van der Waals surface area contributed by atoms with Gasteiger partial charge in [-0.15, -0.1) is 0 Å². The average Bonchev–Trinajstić information content (AvgIpc) is 2.36. The lowest BCUT2D eigenvalue weighted by Crippen LogP contribution is -2.09. The zero-order valence-electron chi connectivity index (χ0n) is 10.3. The Hall–Kier alpha value is -1.66. The molecule has 0 aliphatic carbocycles. The first-order chi connectivity index (χ1) is 8.97. The molecule has 0 aliphatic heterocycles. The van der Waals surface area contributed by atoms with Crippen LogP contribution in [0, 0.1) is 4.78 Å². The standard InChI is InChI=1S/C12H13ClN4OS/c1-19(14,18)12-11(17-10(13)8-16-12)15-7-9-5-3-2-4-6-9/h2-6,8,14H,7H2,1H3,(H,15,17). The number of nitrogens with zero attached hydrogens (tertiary/aromatic N) is 2. The first-order valence-corrected chi connectivity index (χ1v) is 7.85. The predicted octanol–water partition coefficient (Wildman–Crippen LogP) is 2.78. The van der Waals surface area contributed by atoms with Crippen LogP contribution in [-0.4, -0.2) is 20.4 Å². The summed E-state index contributed by atoms with van der Waals surface area (Å²) in [7, 11) is -2.95. The van der Waals surface area contributed by atoms with E-state index in [9.17, 15) is 4.21 Å². The fourth-order valence-electron chi connectivity index (χ4n) is 1.54. The van der Waals surface area contributed by atoms with Crippen molar-refractivity contribution in [2.75, 3.05) is 11.6 Å². The number of anilines is 1. The van der Waals surface area contributed by atoms with Gasteiger partial charge < -0.3 is 5.32 Å². The molecule has 0 aliphatic rings. The van der Waals surface area contributed by atoms with Crippen LogP contribution in [0.15, 0.2) is 41.6 Å². The van der Waals surface area contributed by atoms with Crippen LogP contribution < -0.4 is 5.32 Å². The summed E-state index contributed by atoms with van der Waals surface area (Å²) < 4.78 is 19.4. The van der Waals surface area contributed by atoms with E-state index in [1.807, 2.05) is 30.3 Å². The predicted molar refractivity (Wildman–Crippen MR) is 75.9 cm³/mol. The van der Waals surface area contributed by atoms with Crippen molar-refractivity contribution >= 4 is 27.1 Å². The summed E-state index contributed by atoms with van der Waals surface area (Å²) in [6, 6.07) is 9.68. The largest absolute Gasteiger partial charge is 0.364 e. The maximum absolute atomic E-state index is 11.8. The highest BCUT2D eigenvalue weighted by molar-refractivity contribution is 7.91. The molecule has 7 heteroatoms. The van der Waals surface area contributed by atoms with Crippen molar-refractivity contribution in [2.24, 2.45) is 0 Å². The van der Waals surface area contributed by atoms with Gasteiger partial charge in [0.25, 0.3) is 0 Å². The number of benzene rings is 1. The lowest BCUT2D eigenvalue weighted by atomic mass is 10.2. The van der Waals surface area contributed by atoms with Crippen LogP contribution in [0.1, 0.15) is 5.56 Å². The summed E-state index contributed by atoms with van der Waals surface area (Å²) in [6.45, 7) is 0.498. The third-order valence-electron chi connectivity index (χ3n) is 2.38. The Bertz CT molecular complexity index is 673. The molecule has 0 amide bonds. The van der Waals surface area contributed by atoms with Crippen molar-refractivity contribution < 1.29 is 4.21 Å². The molecule has 0 bridgehead atoms. The highest BCUT2D eigenvalue weighted by atomic mass is 35.5. The van der Waals surface area contributed by atoms with E-state index in [1.54, 1.807) is 0 Å². The normalized spacial score (nSPS) is 13.8. The van der Waals surface area contributed by atoms with Gasteiger partial charge in [0.2, 0.25) is 0 Å². The van der Waals surface area contributed by atoms with Gasteiger partial charge in [0, 0.05) is 12.8 Å². The van der Waals surface area contributed by atoms with Crippen LogP contribution in [0.4, 0.5) is 5.82 Å². The van der Waals surface area contributed by atoms with Crippen LogP contribution in [-0.2, 0) is 16.3 Å². The van der Waals surface area contributed by atoms with Gasteiger partial charge in [-0.2, -0.15) is 0 Å². The highest BCUT2D eigenvalue weighted by Crippen LogP contribution is 2.19. The molecule has 5 nitrogen and oxygen atoms in total. The van der Waals surface area contributed by atoms with E-state index in [0.29, 0.717) is 12.4 Å². The molecule has 19 heavy (non-hydrogen) atoms. The van der Waals surface area contributed by atoms with Gasteiger partial charge in [0.05, 0.1) is 15.9 Å². The molecule has 0 fully saturated rings. The Labute approximate surface area is 117 Å². The van der Waals surface area contributed by atoms with Crippen molar-refractivity contribution in [3.05, 3.63) is 47.2 Å². The average molecular weight is 297 g/mol. The Balaban J connectivity index is 2.27. The lowest BCUT2D eigenvalue weighted by Gasteiger charge is -2.10. The quantitative estimate of drug-likeness (QED) is 0.909. The molecule has 0 radical (unpaired) electrons. The molecule has 0 spiro atoms. The molecule has 1 aromatic heterocycles. The Kier molecular flexibility index (Phi) is 4.01. The Morgan fingerprint density at radius 3 is 2.68 bits per heavy atom. The topological polar surface area (TPSA) is 78.7 Å². The van der Waals surface area contributed by atoms with Gasteiger partial charge in [-0.1, -0.05) is 41.9 Å². The van der Waals surface area contributed by atoms with E-state index >= 15 is 0 Å². The van der Waals surface area contributed by atoms with E-state index in [1.165, 1.54) is 12.5 Å². The summed E-state index contributed by atoms with van der Waals surface area (Å²) in [4.78, 5) is 7.99. The van der Waals surface area contributed by atoms with Gasteiger partial charge >= 0.3 is 0 Å². The van der Waals surface area contributed by atoms with Crippen molar-refractivity contribution in [3.63, 3.8) is 0 Å². The van der Waals surface area contributed by atoms with Crippen LogP contribution in [0.2, 0.25) is 5.15 Å². The van der Waals surface area contributed by atoms with Crippen LogP contribution in [0.25, 0.3) is 0 Å². The summed E-state index contributed by atoms with van der Waals surface area (Å²) in [5.74, 6) is 0.291. The van der Waals surface area contributed by atoms with E-state index in [2.05, 4.69) is 15.3 Å². The fourth-order valence-corrected chi connectivity index (χ4v) is 2.41. The minimum atomic E-state index is -2.95. The first-order valence-electron chi connectivity index (χ1n) is 5.51. The van der Waals surface area contributed by atoms with E-state index < -0.39 is 9.73 Å². The highest BCUT2D eigenvalue weighted by Gasteiger charge is 2.14. The van der Waals surface area contributed by atoms with Crippen molar-refractivity contribution in [1.82, 2.24) is 9.97 Å². The molecule has 2 N–H and O–H groups in total. The van der Waals surface area contributed by atoms with Crippen LogP contribution in [0.3, 0.4) is 0 Å². The number of hydrogen-bond donors (Lipinski definition) is 2. The number of rotatable bonds is 4. The van der Waals surface area contributed by atoms with Gasteiger partial charge in [-0.05, 0) is 5.56 Å². The second kappa shape index (κ2) is 5.54. The van der Waals surface area contributed by atoms with Crippen molar-refractivity contribution in [1.29, 1.82) is 4.78 Å². The second-order valence-corrected chi connectivity index (χ2v) is 6.49. The van der Waals surface area contributed by atoms with Gasteiger partial charge in [-0.25, -0.2) is 19.0 Å². The smallest absolute Gasteiger partial charge is 0.177 e. The van der Waals surface area contributed by atoms with Crippen LogP contribution >= 0.6 is 11.6 Å². The number of halogens is 1. The monoisotopic (exact) mass is 296 g/mol. The van der Waals surface area contributed by atoms with Gasteiger partial charge in [-0.3, -0.25) is 0 Å². The Morgan fingerprint density at radius 1 is 1.37 bits per heavy atom. The zero-order chi connectivity index (χ0) is 13.9. The minimum Gasteiger partial charge on any atom is -0.364 e. The molecule has 1 aromatic carbocycles. The molecular formula is C12H13ClN4OS. The zero-order valence-corrected chi connectivity index (χ0v) is 11.8. The summed E-state index contributed by atoms with van der Waals surface area (Å²) in [6.07, 6.45) is 2.60. The molecule has 2 aromatic rings. The third kappa shape index (κ3) is 3.65. The molecule has 1 heterocycles. The number of nitrogens with one attached hydrogen (secondary N) is 2. The maximum Gasteiger partial charge on any atom is 0.177 e. The molecule has 1 unspecified atom stereocenters. The second-order valence-electron chi connectivity index (χ2n) is 4.03. The van der Waals surface area contributed by atoms with Crippen molar-refractivity contribution in [2.45, 2.75) is 11.6 Å². The molecule has 2 rings (SSSR count). The van der Waals surface area contributed by atoms with Crippen LogP contribution in [0.5, 0.6) is 0 Å². The SMILES string of the molecule is CS(=N)(=O)c1ncc(Cl)nc1NCc1ccccc1. The lowest BCUT2D eigenvalue weighted by molar-refractivity contribution is 0.675. The van der Waals surface area contributed by atoms with Gasteiger partial charge in [0.15, 0.2) is 10.8 Å². The van der Waals surface area contributed by atoms with E-state index in [0.717, 1.165) is 5.56 Å².